The van der Waals surface area contributed by atoms with E-state index in [0.29, 0.717) is 13.1 Å². The lowest BCUT2D eigenvalue weighted by molar-refractivity contribution is -0.152. The van der Waals surface area contributed by atoms with Gasteiger partial charge in [0.25, 0.3) is 0 Å². The molecule has 278 valence electrons. The van der Waals surface area contributed by atoms with Crippen molar-refractivity contribution in [1.29, 1.82) is 0 Å². The zero-order valence-electron chi connectivity index (χ0n) is 29.6. The van der Waals surface area contributed by atoms with Crippen LogP contribution < -0.4 is 0 Å². The highest BCUT2D eigenvalue weighted by Gasteiger charge is 2.31. The number of hydrogen-bond donors (Lipinski definition) is 0. The van der Waals surface area contributed by atoms with Gasteiger partial charge in [-0.2, -0.15) is 0 Å². The highest BCUT2D eigenvalue weighted by atomic mass is 33.1. The van der Waals surface area contributed by atoms with Crippen LogP contribution in [-0.4, -0.2) is 188 Å². The summed E-state index contributed by atoms with van der Waals surface area (Å²) in [4.78, 5) is 81.7. The van der Waals surface area contributed by atoms with Gasteiger partial charge in [0.05, 0.1) is 54.1 Å². The lowest BCUT2D eigenvalue weighted by Crippen LogP contribution is -2.47. The molecular formula is C30H54N4O12S2. The summed E-state index contributed by atoms with van der Waals surface area (Å²) in [6.07, 6.45) is -0.0826. The summed E-state index contributed by atoms with van der Waals surface area (Å²) < 4.78 is 30.2. The number of likely N-dealkylation sites (N-methyl/N-ethyl adjacent to an activating group) is 2. The average Bonchev–Trinajstić information content (AvgIpc) is 3.05. The Morgan fingerprint density at radius 3 is 0.979 bits per heavy atom. The summed E-state index contributed by atoms with van der Waals surface area (Å²) in [6, 6.07) is -1.70. The zero-order valence-corrected chi connectivity index (χ0v) is 31.2. The van der Waals surface area contributed by atoms with Crippen molar-refractivity contribution in [1.82, 2.24) is 19.6 Å². The van der Waals surface area contributed by atoms with Crippen molar-refractivity contribution in [2.24, 2.45) is 0 Å². The van der Waals surface area contributed by atoms with Gasteiger partial charge in [0, 0.05) is 50.8 Å². The van der Waals surface area contributed by atoms with Gasteiger partial charge in [0.2, 0.25) is 0 Å². The quantitative estimate of drug-likeness (QED) is 0.0485. The summed E-state index contributed by atoms with van der Waals surface area (Å²) >= 11 is 0. The van der Waals surface area contributed by atoms with Gasteiger partial charge < -0.3 is 38.2 Å². The fourth-order valence-corrected chi connectivity index (χ4v) is 6.41. The van der Waals surface area contributed by atoms with Gasteiger partial charge in [0.15, 0.2) is 0 Å². The van der Waals surface area contributed by atoms with Crippen molar-refractivity contribution in [3.8, 4) is 0 Å². The average molecular weight is 727 g/mol. The molecule has 0 aliphatic heterocycles. The Labute approximate surface area is 292 Å². The standard InChI is InChI=1S/C30H54N4O12S2/c1-31(2)17-19-45-29(39)23(33(13-9-25(35)41-5)14-10-26(36)42-6)21-47-48-22-24(30(40)46-20-18-32(3)4)34(15-11-27(37)43-7)16-12-28(38)44-8/h23-24H,9-22H2,1-8H3/t23-,24-/m0/s1. The van der Waals surface area contributed by atoms with Crippen LogP contribution in [0.15, 0.2) is 0 Å². The Morgan fingerprint density at radius 2 is 0.750 bits per heavy atom. The fourth-order valence-electron chi connectivity index (χ4n) is 3.91. The highest BCUT2D eigenvalue weighted by molar-refractivity contribution is 8.76. The molecule has 0 rings (SSSR count). The number of esters is 6. The van der Waals surface area contributed by atoms with Crippen molar-refractivity contribution in [3.63, 3.8) is 0 Å². The molecule has 0 N–H and O–H groups in total. The molecule has 2 atom stereocenters. The predicted octanol–water partition coefficient (Wildman–Crippen LogP) is 0.171. The van der Waals surface area contributed by atoms with Gasteiger partial charge in [-0.3, -0.25) is 38.6 Å². The van der Waals surface area contributed by atoms with Crippen molar-refractivity contribution in [2.75, 3.05) is 121 Å². The summed E-state index contributed by atoms with van der Waals surface area (Å²) in [6.45, 7) is 1.76. The van der Waals surface area contributed by atoms with Crippen LogP contribution >= 0.6 is 21.6 Å². The maximum atomic E-state index is 13.4. The third-order valence-electron chi connectivity index (χ3n) is 6.85. The van der Waals surface area contributed by atoms with E-state index in [4.69, 9.17) is 28.4 Å². The number of carbonyl (C=O) groups is 6. The number of methoxy groups -OCH3 is 4. The number of carbonyl (C=O) groups excluding carboxylic acids is 6. The normalized spacial score (nSPS) is 12.5. The fraction of sp³-hybridized carbons (Fsp3) is 0.800. The monoisotopic (exact) mass is 726 g/mol. The van der Waals surface area contributed by atoms with E-state index < -0.39 is 47.9 Å². The molecular weight excluding hydrogens is 672 g/mol. The minimum atomic E-state index is -0.848. The third kappa shape index (κ3) is 21.4. The number of rotatable bonds is 27. The van der Waals surface area contributed by atoms with E-state index in [0.717, 1.165) is 0 Å². The van der Waals surface area contributed by atoms with Gasteiger partial charge in [0.1, 0.15) is 25.3 Å². The molecule has 0 fully saturated rings. The first kappa shape index (κ1) is 45.4. The van der Waals surface area contributed by atoms with E-state index in [1.807, 2.05) is 38.0 Å². The molecule has 0 aromatic rings. The number of ether oxygens (including phenoxy) is 6. The zero-order chi connectivity index (χ0) is 36.5. The van der Waals surface area contributed by atoms with Gasteiger partial charge in [-0.1, -0.05) is 21.6 Å². The van der Waals surface area contributed by atoms with Gasteiger partial charge >= 0.3 is 35.8 Å². The van der Waals surface area contributed by atoms with Gasteiger partial charge in [-0.05, 0) is 28.2 Å². The lowest BCUT2D eigenvalue weighted by Gasteiger charge is -2.31. The van der Waals surface area contributed by atoms with E-state index in [1.165, 1.54) is 50.0 Å². The second-order valence-electron chi connectivity index (χ2n) is 10.9. The maximum Gasteiger partial charge on any atom is 0.324 e. The van der Waals surface area contributed by atoms with Crippen LogP contribution in [0.3, 0.4) is 0 Å². The molecule has 0 saturated heterocycles. The van der Waals surface area contributed by atoms with Crippen LogP contribution in [0.2, 0.25) is 0 Å². The van der Waals surface area contributed by atoms with Crippen molar-refractivity contribution in [2.45, 2.75) is 37.8 Å². The molecule has 0 radical (unpaired) electrons. The smallest absolute Gasteiger partial charge is 0.324 e. The second-order valence-corrected chi connectivity index (χ2v) is 13.5. The van der Waals surface area contributed by atoms with E-state index in [-0.39, 0.29) is 76.6 Å². The van der Waals surface area contributed by atoms with Crippen LogP contribution in [0.1, 0.15) is 25.7 Å². The molecule has 0 aromatic heterocycles. The molecule has 0 unspecified atom stereocenters. The Kier molecular flexibility index (Phi) is 25.7. The van der Waals surface area contributed by atoms with Crippen molar-refractivity contribution < 1.29 is 57.2 Å². The van der Waals surface area contributed by atoms with Crippen molar-refractivity contribution >= 4 is 57.4 Å². The SMILES string of the molecule is COC(=O)CCN(CCC(=O)OC)[C@@H](CSSC[C@@H](C(=O)OCCN(C)C)N(CCC(=O)OC)CCC(=O)OC)C(=O)OCCN(C)C. The first-order valence-corrected chi connectivity index (χ1v) is 17.9. The number of nitrogens with zero attached hydrogens (tertiary/aromatic N) is 4. The van der Waals surface area contributed by atoms with Crippen LogP contribution in [0.25, 0.3) is 0 Å². The molecule has 16 nitrogen and oxygen atoms in total. The molecule has 0 heterocycles. The Morgan fingerprint density at radius 1 is 0.479 bits per heavy atom. The van der Waals surface area contributed by atoms with Crippen LogP contribution in [0.4, 0.5) is 0 Å². The van der Waals surface area contributed by atoms with E-state index in [9.17, 15) is 28.8 Å². The Bertz CT molecular complexity index is 874. The van der Waals surface area contributed by atoms with Crippen molar-refractivity contribution in [3.05, 3.63) is 0 Å². The molecule has 0 aliphatic carbocycles. The number of hydrogen-bond acceptors (Lipinski definition) is 18. The Balaban J connectivity index is 6.05. The summed E-state index contributed by atoms with van der Waals surface area (Å²) in [5.41, 5.74) is 0. The minimum Gasteiger partial charge on any atom is -0.469 e. The summed E-state index contributed by atoms with van der Waals surface area (Å²) in [5, 5.41) is 0. The first-order chi connectivity index (χ1) is 22.8. The largest absolute Gasteiger partial charge is 0.469 e. The highest BCUT2D eigenvalue weighted by Crippen LogP contribution is 2.27. The van der Waals surface area contributed by atoms with Crippen LogP contribution in [0, 0.1) is 0 Å². The van der Waals surface area contributed by atoms with Crippen LogP contribution in [-0.2, 0) is 57.2 Å². The molecule has 48 heavy (non-hydrogen) atoms. The molecule has 0 amide bonds. The van der Waals surface area contributed by atoms with E-state index in [2.05, 4.69) is 0 Å². The van der Waals surface area contributed by atoms with Gasteiger partial charge in [-0.15, -0.1) is 0 Å². The molecule has 18 heteroatoms. The topological polar surface area (TPSA) is 171 Å². The minimum absolute atomic E-state index is 0.0207. The molecule has 0 bridgehead atoms. The summed E-state index contributed by atoms with van der Waals surface area (Å²) in [5.74, 6) is -2.61. The maximum absolute atomic E-state index is 13.4. The molecule has 0 aromatic carbocycles. The first-order valence-electron chi connectivity index (χ1n) is 15.4. The Hall–Kier alpha value is -2.64. The molecule has 0 spiro atoms. The lowest BCUT2D eigenvalue weighted by atomic mass is 10.2. The van der Waals surface area contributed by atoms with E-state index in [1.54, 1.807) is 9.80 Å². The molecule has 0 saturated carbocycles. The van der Waals surface area contributed by atoms with Crippen LogP contribution in [0.5, 0.6) is 0 Å². The molecule has 0 aliphatic rings. The van der Waals surface area contributed by atoms with E-state index >= 15 is 0 Å². The third-order valence-corrected chi connectivity index (χ3v) is 9.24. The summed E-state index contributed by atoms with van der Waals surface area (Å²) in [7, 11) is 15.0. The van der Waals surface area contributed by atoms with Gasteiger partial charge in [-0.25, -0.2) is 0 Å². The predicted molar refractivity (Wildman–Crippen MR) is 181 cm³/mol. The second kappa shape index (κ2) is 27.2.